The molecule has 9 heteroatoms. The molecule has 0 atom stereocenters. The van der Waals surface area contributed by atoms with Gasteiger partial charge in [0.05, 0.1) is 28.1 Å². The maximum atomic E-state index is 12.9. The third kappa shape index (κ3) is 5.09. The average molecular weight is 521 g/mol. The molecule has 0 spiro atoms. The van der Waals surface area contributed by atoms with Gasteiger partial charge in [0.1, 0.15) is 0 Å². The molecule has 2 aromatic heterocycles. The molecule has 2 amide bonds. The number of rotatable bonds is 7. The Labute approximate surface area is 206 Å². The van der Waals surface area contributed by atoms with Crippen LogP contribution in [0.5, 0.6) is 0 Å². The summed E-state index contributed by atoms with van der Waals surface area (Å²) in [6.07, 6.45) is 1.66. The van der Waals surface area contributed by atoms with Crippen molar-refractivity contribution in [2.75, 3.05) is 10.6 Å². The van der Waals surface area contributed by atoms with Gasteiger partial charge >= 0.3 is 0 Å². The van der Waals surface area contributed by atoms with Crippen molar-refractivity contribution in [3.05, 3.63) is 93.5 Å². The molecule has 0 fully saturated rings. The van der Waals surface area contributed by atoms with Crippen LogP contribution in [-0.2, 0) is 13.1 Å². The molecule has 2 heterocycles. The second-order valence-corrected chi connectivity index (χ2v) is 8.65. The number of hydrogen-bond acceptors (Lipinski definition) is 4. The van der Waals surface area contributed by atoms with Gasteiger partial charge in [0, 0.05) is 24.0 Å². The van der Waals surface area contributed by atoms with Crippen LogP contribution < -0.4 is 10.6 Å². The predicted octanol–water partition coefficient (Wildman–Crippen LogP) is 5.03. The Morgan fingerprint density at radius 1 is 0.941 bits per heavy atom. The van der Waals surface area contributed by atoms with Crippen molar-refractivity contribution in [3.8, 4) is 0 Å². The lowest BCUT2D eigenvalue weighted by atomic mass is 10.1. The Morgan fingerprint density at radius 3 is 2.26 bits per heavy atom. The fraction of sp³-hybridized carbons (Fsp3) is 0.200. The van der Waals surface area contributed by atoms with Crippen LogP contribution in [0.4, 0.5) is 11.4 Å². The highest BCUT2D eigenvalue weighted by molar-refractivity contribution is 9.10. The number of carbonyl (C=O) groups excluding carboxylic acids is 2. The smallest absolute Gasteiger partial charge is 0.278 e. The molecule has 0 bridgehead atoms. The van der Waals surface area contributed by atoms with Crippen molar-refractivity contribution in [1.82, 2.24) is 19.6 Å². The topological polar surface area (TPSA) is 93.8 Å². The van der Waals surface area contributed by atoms with Crippen LogP contribution in [0, 0.1) is 13.8 Å². The molecule has 0 aliphatic rings. The van der Waals surface area contributed by atoms with Crippen LogP contribution in [0.1, 0.15) is 44.7 Å². The summed E-state index contributed by atoms with van der Waals surface area (Å²) in [6.45, 7) is 7.05. The summed E-state index contributed by atoms with van der Waals surface area (Å²) in [6, 6.07) is 16.4. The molecule has 0 radical (unpaired) electrons. The first-order valence-corrected chi connectivity index (χ1v) is 11.7. The summed E-state index contributed by atoms with van der Waals surface area (Å²) in [5.41, 5.74) is 4.67. The number of amides is 2. The molecule has 0 aliphatic heterocycles. The zero-order chi connectivity index (χ0) is 24.2. The monoisotopic (exact) mass is 520 g/mol. The first-order valence-electron chi connectivity index (χ1n) is 10.9. The van der Waals surface area contributed by atoms with Crippen molar-refractivity contribution in [1.29, 1.82) is 0 Å². The van der Waals surface area contributed by atoms with Crippen LogP contribution in [0.25, 0.3) is 0 Å². The number of anilines is 2. The van der Waals surface area contributed by atoms with E-state index in [1.54, 1.807) is 35.1 Å². The maximum Gasteiger partial charge on any atom is 0.278 e. The van der Waals surface area contributed by atoms with Gasteiger partial charge in [-0.05, 0) is 66.5 Å². The third-order valence-electron chi connectivity index (χ3n) is 5.42. The Bertz CT molecular complexity index is 1330. The van der Waals surface area contributed by atoms with Gasteiger partial charge in [-0.25, -0.2) is 0 Å². The number of hydrogen-bond donors (Lipinski definition) is 2. The Balaban J connectivity index is 1.48. The molecule has 4 rings (SSSR count). The maximum absolute atomic E-state index is 12.9. The summed E-state index contributed by atoms with van der Waals surface area (Å²) in [7, 11) is 0. The van der Waals surface area contributed by atoms with Crippen molar-refractivity contribution >= 4 is 39.1 Å². The van der Waals surface area contributed by atoms with E-state index in [1.165, 1.54) is 0 Å². The second kappa shape index (κ2) is 10.0. The van der Waals surface area contributed by atoms with Gasteiger partial charge in [0.2, 0.25) is 0 Å². The fourth-order valence-electron chi connectivity index (χ4n) is 3.51. The molecule has 0 aliphatic carbocycles. The summed E-state index contributed by atoms with van der Waals surface area (Å²) < 4.78 is 4.54. The molecule has 34 heavy (non-hydrogen) atoms. The van der Waals surface area contributed by atoms with Crippen LogP contribution in [0.3, 0.4) is 0 Å². The van der Waals surface area contributed by atoms with Gasteiger partial charge in [0.25, 0.3) is 11.8 Å². The average Bonchev–Trinajstić information content (AvgIpc) is 3.36. The van der Waals surface area contributed by atoms with E-state index in [2.05, 4.69) is 36.8 Å². The normalized spacial score (nSPS) is 10.8. The molecular weight excluding hydrogens is 496 g/mol. The van der Waals surface area contributed by atoms with Crippen LogP contribution in [-0.4, -0.2) is 31.4 Å². The fourth-order valence-corrected chi connectivity index (χ4v) is 3.80. The zero-order valence-electron chi connectivity index (χ0n) is 19.2. The molecule has 0 saturated carbocycles. The van der Waals surface area contributed by atoms with Crippen LogP contribution in [0.15, 0.2) is 65.3 Å². The third-order valence-corrected chi connectivity index (χ3v) is 6.57. The highest BCUT2D eigenvalue weighted by Crippen LogP contribution is 2.21. The van der Waals surface area contributed by atoms with Gasteiger partial charge in [-0.1, -0.05) is 30.3 Å². The van der Waals surface area contributed by atoms with Crippen molar-refractivity contribution in [2.45, 2.75) is 33.9 Å². The number of nitrogens with zero attached hydrogens (tertiary/aromatic N) is 4. The van der Waals surface area contributed by atoms with Gasteiger partial charge in [0.15, 0.2) is 5.69 Å². The Morgan fingerprint density at radius 2 is 1.65 bits per heavy atom. The zero-order valence-corrected chi connectivity index (χ0v) is 20.8. The highest BCUT2D eigenvalue weighted by Gasteiger charge is 2.19. The Kier molecular flexibility index (Phi) is 6.93. The minimum absolute atomic E-state index is 0.158. The van der Waals surface area contributed by atoms with Crippen molar-refractivity contribution < 1.29 is 9.59 Å². The summed E-state index contributed by atoms with van der Waals surface area (Å²) >= 11 is 3.55. The molecule has 2 aromatic carbocycles. The lowest BCUT2D eigenvalue weighted by Crippen LogP contribution is -2.18. The van der Waals surface area contributed by atoms with Crippen molar-refractivity contribution in [2.24, 2.45) is 0 Å². The first kappa shape index (κ1) is 23.4. The number of aromatic nitrogens is 4. The van der Waals surface area contributed by atoms with Crippen molar-refractivity contribution in [3.63, 3.8) is 0 Å². The quantitative estimate of drug-likeness (QED) is 0.357. The van der Waals surface area contributed by atoms with Gasteiger partial charge in [-0.15, -0.1) is 0 Å². The minimum Gasteiger partial charge on any atom is -0.321 e. The number of nitrogens with one attached hydrogen (secondary N) is 2. The summed E-state index contributed by atoms with van der Waals surface area (Å²) in [5.74, 6) is -0.704. The molecule has 2 N–H and O–H groups in total. The molecule has 0 saturated heterocycles. The lowest BCUT2D eigenvalue weighted by molar-refractivity contribution is 0.102. The molecule has 8 nitrogen and oxygen atoms in total. The SMILES string of the molecule is CCn1cc(NC(=O)c2ccc(Cn3nc(C)c(Br)c3C)cc2)c(C(=O)Nc2ccccc2)n1. The minimum atomic E-state index is -0.389. The molecular formula is C25H25BrN6O2. The largest absolute Gasteiger partial charge is 0.321 e. The van der Waals surface area contributed by atoms with E-state index in [4.69, 9.17) is 0 Å². The standard InChI is InChI=1S/C25H25BrN6O2/c1-4-31-15-21(23(30-31)25(34)27-20-8-6-5-7-9-20)28-24(33)19-12-10-18(11-13-19)14-32-17(3)22(26)16(2)29-32/h5-13,15H,4,14H2,1-3H3,(H,27,34)(H,28,33). The van der Waals surface area contributed by atoms with E-state index in [0.717, 1.165) is 21.4 Å². The van der Waals surface area contributed by atoms with E-state index in [9.17, 15) is 9.59 Å². The van der Waals surface area contributed by atoms with Crippen LogP contribution >= 0.6 is 15.9 Å². The second-order valence-electron chi connectivity index (χ2n) is 7.86. The lowest BCUT2D eigenvalue weighted by Gasteiger charge is -2.08. The summed E-state index contributed by atoms with van der Waals surface area (Å²) in [4.78, 5) is 25.7. The number of benzene rings is 2. The highest BCUT2D eigenvalue weighted by atomic mass is 79.9. The van der Waals surface area contributed by atoms with Gasteiger partial charge in [-0.3, -0.25) is 19.0 Å². The number of aryl methyl sites for hydroxylation is 2. The number of para-hydroxylation sites is 1. The number of carbonyl (C=O) groups is 2. The summed E-state index contributed by atoms with van der Waals surface area (Å²) in [5, 5.41) is 14.5. The Hall–Kier alpha value is -3.72. The van der Waals surface area contributed by atoms with Gasteiger partial charge < -0.3 is 10.6 Å². The van der Waals surface area contributed by atoms with Crippen LogP contribution in [0.2, 0.25) is 0 Å². The van der Waals surface area contributed by atoms with E-state index >= 15 is 0 Å². The number of halogens is 1. The van der Waals surface area contributed by atoms with E-state index in [1.807, 2.05) is 55.8 Å². The molecule has 0 unspecified atom stereocenters. The van der Waals surface area contributed by atoms with E-state index < -0.39 is 0 Å². The van der Waals surface area contributed by atoms with Gasteiger partial charge in [-0.2, -0.15) is 10.2 Å². The molecule has 4 aromatic rings. The predicted molar refractivity (Wildman–Crippen MR) is 135 cm³/mol. The van der Waals surface area contributed by atoms with E-state index in [0.29, 0.717) is 30.0 Å². The first-order chi connectivity index (χ1) is 16.4. The molecule has 174 valence electrons. The van der Waals surface area contributed by atoms with E-state index in [-0.39, 0.29) is 17.5 Å².